The number of phenolic OH excluding ortho intramolecular Hbond substituents is 1. The van der Waals surface area contributed by atoms with Gasteiger partial charge in [0.2, 0.25) is 0 Å². The summed E-state index contributed by atoms with van der Waals surface area (Å²) in [5.41, 5.74) is 2.18. The van der Waals surface area contributed by atoms with E-state index in [1.165, 1.54) is 23.1 Å². The Morgan fingerprint density at radius 1 is 1.06 bits per heavy atom. The average Bonchev–Trinajstić information content (AvgIpc) is 2.84. The Hall–Kier alpha value is -3.39. The van der Waals surface area contributed by atoms with Gasteiger partial charge in [-0.25, -0.2) is 4.39 Å². The number of Topliss-reactive ketones (excluding diaryl/α,β-unsaturated/α-hetero) is 1. The molecule has 0 radical (unpaired) electrons. The Morgan fingerprint density at radius 3 is 2.21 bits per heavy atom. The highest BCUT2D eigenvalue weighted by atomic mass is 19.1. The van der Waals surface area contributed by atoms with Crippen molar-refractivity contribution in [3.05, 3.63) is 70.8 Å². The second kappa shape index (κ2) is 15.4. The van der Waals surface area contributed by atoms with Gasteiger partial charge in [-0.15, -0.1) is 0 Å². The van der Waals surface area contributed by atoms with Crippen molar-refractivity contribution < 1.29 is 24.2 Å². The number of rotatable bonds is 6. The Morgan fingerprint density at radius 2 is 1.67 bits per heavy atom. The van der Waals surface area contributed by atoms with Crippen molar-refractivity contribution in [3.8, 4) is 5.75 Å². The summed E-state index contributed by atoms with van der Waals surface area (Å²) >= 11 is 0. The topological polar surface area (TPSA) is 102 Å². The molecule has 0 unspecified atom stereocenters. The number of carbonyl (C=O) groups excluding carboxylic acids is 2. The number of hydrogen-bond acceptors (Lipinski definition) is 6. The molecule has 0 saturated carbocycles. The predicted molar refractivity (Wildman–Crippen MR) is 130 cm³/mol. The molecule has 0 bridgehead atoms. The van der Waals surface area contributed by atoms with Crippen LogP contribution in [0, 0.1) is 5.82 Å². The molecule has 1 aliphatic carbocycles. The van der Waals surface area contributed by atoms with Crippen molar-refractivity contribution in [2.75, 3.05) is 26.5 Å². The molecule has 0 aromatic heterocycles. The van der Waals surface area contributed by atoms with Gasteiger partial charge in [0.25, 0.3) is 5.91 Å². The second-order valence-corrected chi connectivity index (χ2v) is 6.46. The minimum atomic E-state index is -0.338. The first-order valence-electron chi connectivity index (χ1n) is 10.9. The van der Waals surface area contributed by atoms with Crippen molar-refractivity contribution in [2.45, 2.75) is 40.7 Å². The lowest BCUT2D eigenvalue weighted by Gasteiger charge is -2.25. The number of ketones is 1. The minimum absolute atomic E-state index is 0.111. The fourth-order valence-corrected chi connectivity index (χ4v) is 2.74. The number of nitrogens with zero attached hydrogens (tertiary/aromatic N) is 1. The smallest absolute Gasteiger partial charge is 0.257 e. The number of halogens is 1. The van der Waals surface area contributed by atoms with Crippen LogP contribution in [0.25, 0.3) is 0 Å². The van der Waals surface area contributed by atoms with Gasteiger partial charge in [0.05, 0.1) is 17.7 Å². The van der Waals surface area contributed by atoms with Crippen molar-refractivity contribution in [1.82, 2.24) is 10.2 Å². The van der Waals surface area contributed by atoms with Crippen molar-refractivity contribution in [1.29, 1.82) is 0 Å². The third-order valence-corrected chi connectivity index (χ3v) is 4.25. The first-order chi connectivity index (χ1) is 15.9. The lowest BCUT2D eigenvalue weighted by Crippen LogP contribution is -2.32. The number of aromatic hydroxyl groups is 1. The molecule has 8 heteroatoms. The van der Waals surface area contributed by atoms with Crippen LogP contribution in [-0.2, 0) is 11.3 Å². The van der Waals surface area contributed by atoms with Gasteiger partial charge >= 0.3 is 0 Å². The summed E-state index contributed by atoms with van der Waals surface area (Å²) in [5, 5.41) is 23.4. The van der Waals surface area contributed by atoms with Crippen LogP contribution in [0.2, 0.25) is 0 Å². The highest BCUT2D eigenvalue weighted by molar-refractivity contribution is 6.07. The van der Waals surface area contributed by atoms with Gasteiger partial charge in [-0.05, 0) is 29.8 Å². The third kappa shape index (κ3) is 8.23. The van der Waals surface area contributed by atoms with Gasteiger partial charge in [-0.2, -0.15) is 0 Å². The van der Waals surface area contributed by atoms with E-state index < -0.39 is 0 Å². The Bertz CT molecular complexity index is 943. The molecule has 0 heterocycles. The molecular formula is C25H36FN3O4. The quantitative estimate of drug-likeness (QED) is 0.479. The number of phenols is 1. The Balaban J connectivity index is 0.00000158. The van der Waals surface area contributed by atoms with E-state index in [9.17, 15) is 19.1 Å². The van der Waals surface area contributed by atoms with Crippen molar-refractivity contribution >= 4 is 17.4 Å². The van der Waals surface area contributed by atoms with Crippen LogP contribution < -0.4 is 10.6 Å². The minimum Gasteiger partial charge on any atom is -0.505 e. The maximum Gasteiger partial charge on any atom is 0.257 e. The van der Waals surface area contributed by atoms with Crippen LogP contribution >= 0.6 is 0 Å². The summed E-state index contributed by atoms with van der Waals surface area (Å²) in [7, 11) is 4.18. The first-order valence-corrected chi connectivity index (χ1v) is 10.9. The molecule has 4 N–H and O–H groups in total. The molecule has 0 fully saturated rings. The number of aliphatic hydroxyl groups is 1. The standard InChI is InChI=1S/C20H20FN3O3.2C2H6.CH4O/c1-24(2)20(27)14-7-4-8-15(19(14)26)23-18-16(10-17(18)25)22-11-12-5-3-6-13(21)9-12;3*1-2/h3-9,22-23,26H,10-11H2,1-2H3;2*1-2H3;2H,1H3. The fraction of sp³-hybridized carbons (Fsp3) is 0.360. The summed E-state index contributed by atoms with van der Waals surface area (Å²) in [6.45, 7) is 8.37. The molecular weight excluding hydrogens is 425 g/mol. The van der Waals surface area contributed by atoms with Crippen LogP contribution in [-0.4, -0.2) is 48.0 Å². The van der Waals surface area contributed by atoms with Crippen molar-refractivity contribution in [2.24, 2.45) is 0 Å². The molecule has 1 aliphatic rings. The van der Waals surface area contributed by atoms with Crippen LogP contribution in [0.15, 0.2) is 53.9 Å². The van der Waals surface area contributed by atoms with E-state index in [2.05, 4.69) is 10.6 Å². The molecule has 2 aromatic rings. The van der Waals surface area contributed by atoms with Crippen molar-refractivity contribution in [3.63, 3.8) is 0 Å². The number of para-hydroxylation sites is 1. The first kappa shape index (κ1) is 29.6. The van der Waals surface area contributed by atoms with Gasteiger partial charge in [0.1, 0.15) is 11.5 Å². The lowest BCUT2D eigenvalue weighted by molar-refractivity contribution is -0.116. The number of hydrogen-bond donors (Lipinski definition) is 4. The zero-order valence-corrected chi connectivity index (χ0v) is 20.5. The van der Waals surface area contributed by atoms with E-state index in [0.717, 1.165) is 12.7 Å². The highest BCUT2D eigenvalue weighted by Gasteiger charge is 2.28. The molecule has 2 aromatic carbocycles. The summed E-state index contributed by atoms with van der Waals surface area (Å²) in [6, 6.07) is 10.9. The maximum atomic E-state index is 13.3. The number of nitrogens with one attached hydrogen (secondary N) is 2. The normalized spacial score (nSPS) is 11.4. The van der Waals surface area contributed by atoms with E-state index >= 15 is 0 Å². The summed E-state index contributed by atoms with van der Waals surface area (Å²) in [6.07, 6.45) is 0.231. The fourth-order valence-electron chi connectivity index (χ4n) is 2.74. The summed E-state index contributed by atoms with van der Waals surface area (Å²) < 4.78 is 13.3. The van der Waals surface area contributed by atoms with E-state index in [4.69, 9.17) is 5.11 Å². The molecule has 33 heavy (non-hydrogen) atoms. The van der Waals surface area contributed by atoms with Crippen LogP contribution in [0.1, 0.15) is 50.0 Å². The molecule has 3 rings (SSSR count). The molecule has 0 atom stereocenters. The number of amides is 1. The zero-order chi connectivity index (χ0) is 25.6. The molecule has 182 valence electrons. The van der Waals surface area contributed by atoms with Gasteiger partial charge in [0.15, 0.2) is 11.5 Å². The number of carbonyl (C=O) groups is 2. The van der Waals surface area contributed by atoms with Gasteiger partial charge in [-0.3, -0.25) is 9.59 Å². The predicted octanol–water partition coefficient (Wildman–Crippen LogP) is 4.28. The zero-order valence-electron chi connectivity index (χ0n) is 20.5. The van der Waals surface area contributed by atoms with Gasteiger partial charge in [-0.1, -0.05) is 45.9 Å². The highest BCUT2D eigenvalue weighted by Crippen LogP contribution is 2.32. The maximum absolute atomic E-state index is 13.3. The lowest BCUT2D eigenvalue weighted by atomic mass is 9.98. The molecule has 0 spiro atoms. The molecule has 7 nitrogen and oxygen atoms in total. The molecule has 0 saturated heterocycles. The monoisotopic (exact) mass is 461 g/mol. The van der Waals surface area contributed by atoms with Gasteiger partial charge < -0.3 is 25.7 Å². The summed E-state index contributed by atoms with van der Waals surface area (Å²) in [5.74, 6) is -0.985. The SMILES string of the molecule is CC.CC.CN(C)C(=O)c1cccc(NC2=C(NCc3cccc(F)c3)CC2=O)c1O.CO. The number of aliphatic hydroxyl groups excluding tert-OH is 1. The average molecular weight is 462 g/mol. The van der Waals surface area contributed by atoms with E-state index in [1.54, 1.807) is 38.4 Å². The number of anilines is 1. The van der Waals surface area contributed by atoms with Crippen LogP contribution in [0.5, 0.6) is 5.75 Å². The molecule has 0 aliphatic heterocycles. The molecule has 1 amide bonds. The number of allylic oxidation sites excluding steroid dienone is 2. The van der Waals surface area contributed by atoms with Crippen LogP contribution in [0.3, 0.4) is 0 Å². The largest absolute Gasteiger partial charge is 0.505 e. The van der Waals surface area contributed by atoms with E-state index in [1.807, 2.05) is 27.7 Å². The Labute approximate surface area is 195 Å². The van der Waals surface area contributed by atoms with E-state index in [-0.39, 0.29) is 40.9 Å². The van der Waals surface area contributed by atoms with Crippen LogP contribution in [0.4, 0.5) is 10.1 Å². The Kier molecular flexibility index (Phi) is 13.8. The van der Waals surface area contributed by atoms with Gasteiger partial charge in [0, 0.05) is 33.4 Å². The summed E-state index contributed by atoms with van der Waals surface area (Å²) in [4.78, 5) is 25.5. The number of benzene rings is 2. The second-order valence-electron chi connectivity index (χ2n) is 6.46. The van der Waals surface area contributed by atoms with E-state index in [0.29, 0.717) is 17.9 Å². The third-order valence-electron chi connectivity index (χ3n) is 4.25.